The zero-order chi connectivity index (χ0) is 22.1. The molecule has 0 saturated carbocycles. The molecule has 1 amide bonds. The average molecular weight is 441 g/mol. The highest BCUT2D eigenvalue weighted by atomic mass is 35.5. The van der Waals surface area contributed by atoms with Crippen LogP contribution in [0.1, 0.15) is 21.9 Å². The maximum absolute atomic E-state index is 13.1. The van der Waals surface area contributed by atoms with Gasteiger partial charge in [-0.15, -0.1) is 0 Å². The lowest BCUT2D eigenvalue weighted by Gasteiger charge is -2.36. The van der Waals surface area contributed by atoms with Crippen molar-refractivity contribution in [2.75, 3.05) is 31.1 Å². The highest BCUT2D eigenvalue weighted by molar-refractivity contribution is 6.33. The van der Waals surface area contributed by atoms with E-state index in [-0.39, 0.29) is 17.3 Å². The molecule has 0 aliphatic carbocycles. The molecule has 1 aliphatic heterocycles. The number of nitro groups is 1. The lowest BCUT2D eigenvalue weighted by atomic mass is 10.2. The van der Waals surface area contributed by atoms with Gasteiger partial charge in [0.05, 0.1) is 15.6 Å². The van der Waals surface area contributed by atoms with E-state index in [1.54, 1.807) is 33.8 Å². The van der Waals surface area contributed by atoms with E-state index < -0.39 is 4.92 Å². The van der Waals surface area contributed by atoms with E-state index in [9.17, 15) is 14.9 Å². The summed E-state index contributed by atoms with van der Waals surface area (Å²) < 4.78 is 1.69. The Morgan fingerprint density at radius 2 is 1.74 bits per heavy atom. The molecule has 0 spiro atoms. The Bertz CT molecular complexity index is 1140. The van der Waals surface area contributed by atoms with Gasteiger partial charge < -0.3 is 9.80 Å². The Hall–Kier alpha value is -3.46. The van der Waals surface area contributed by atoms with Crippen LogP contribution in [0.4, 0.5) is 11.4 Å². The van der Waals surface area contributed by atoms with Gasteiger partial charge in [0.25, 0.3) is 11.6 Å². The molecule has 1 saturated heterocycles. The van der Waals surface area contributed by atoms with E-state index in [0.717, 1.165) is 17.1 Å². The molecule has 9 nitrogen and oxygen atoms in total. The fourth-order valence-corrected chi connectivity index (χ4v) is 3.85. The number of amides is 1. The van der Waals surface area contributed by atoms with Gasteiger partial charge in [0.1, 0.15) is 5.69 Å². The number of non-ortho nitro benzene ring substituents is 1. The second-order valence-corrected chi connectivity index (χ2v) is 7.80. The standard InChI is InChI=1S/C21H21ClN6O3/c1-14-13-15(2)27(24-14)19-8-7-18(22)20(23-19)21(29)26-11-9-25(10-12-26)16-3-5-17(6-4-16)28(30)31/h3-8,13H,9-12H2,1-2H3. The number of rotatable bonds is 4. The Labute approximate surface area is 184 Å². The molecular weight excluding hydrogens is 420 g/mol. The number of hydrogen-bond donors (Lipinski definition) is 0. The number of nitrogens with zero attached hydrogens (tertiary/aromatic N) is 6. The third-order valence-electron chi connectivity index (χ3n) is 5.25. The van der Waals surface area contributed by atoms with Crippen LogP contribution in [0.3, 0.4) is 0 Å². The molecule has 160 valence electrons. The molecule has 3 aromatic rings. The molecule has 10 heteroatoms. The van der Waals surface area contributed by atoms with Crippen molar-refractivity contribution in [1.82, 2.24) is 19.7 Å². The van der Waals surface area contributed by atoms with E-state index in [4.69, 9.17) is 11.6 Å². The summed E-state index contributed by atoms with van der Waals surface area (Å²) >= 11 is 6.30. The van der Waals surface area contributed by atoms with Crippen molar-refractivity contribution in [1.29, 1.82) is 0 Å². The smallest absolute Gasteiger partial charge is 0.274 e. The summed E-state index contributed by atoms with van der Waals surface area (Å²) in [5.41, 5.74) is 2.93. The first-order valence-corrected chi connectivity index (χ1v) is 10.2. The summed E-state index contributed by atoms with van der Waals surface area (Å²) in [5, 5.41) is 15.5. The molecule has 2 aromatic heterocycles. The molecule has 1 aliphatic rings. The van der Waals surface area contributed by atoms with Gasteiger partial charge in [0, 0.05) is 49.7 Å². The molecule has 4 rings (SSSR count). The van der Waals surface area contributed by atoms with Crippen LogP contribution in [0.5, 0.6) is 0 Å². The molecular formula is C21H21ClN6O3. The lowest BCUT2D eigenvalue weighted by molar-refractivity contribution is -0.384. The summed E-state index contributed by atoms with van der Waals surface area (Å²) in [6, 6.07) is 11.8. The minimum atomic E-state index is -0.419. The molecule has 31 heavy (non-hydrogen) atoms. The number of piperazine rings is 1. The summed E-state index contributed by atoms with van der Waals surface area (Å²) in [5.74, 6) is 0.319. The van der Waals surface area contributed by atoms with Crippen molar-refractivity contribution in [3.63, 3.8) is 0 Å². The second kappa shape index (κ2) is 8.35. The van der Waals surface area contributed by atoms with Crippen LogP contribution < -0.4 is 4.90 Å². The number of anilines is 1. The second-order valence-electron chi connectivity index (χ2n) is 7.39. The van der Waals surface area contributed by atoms with Crippen molar-refractivity contribution >= 4 is 28.9 Å². The molecule has 3 heterocycles. The van der Waals surface area contributed by atoms with E-state index in [0.29, 0.717) is 37.0 Å². The minimum absolute atomic E-state index is 0.0563. The molecule has 0 atom stereocenters. The van der Waals surface area contributed by atoms with Crippen LogP contribution in [0.15, 0.2) is 42.5 Å². The van der Waals surface area contributed by atoms with Gasteiger partial charge in [-0.25, -0.2) is 9.67 Å². The van der Waals surface area contributed by atoms with Crippen LogP contribution in [0.2, 0.25) is 5.02 Å². The van der Waals surface area contributed by atoms with Crippen LogP contribution in [-0.4, -0.2) is 56.7 Å². The number of aromatic nitrogens is 3. The molecule has 0 N–H and O–H groups in total. The quantitative estimate of drug-likeness (QED) is 0.455. The van der Waals surface area contributed by atoms with Crippen molar-refractivity contribution < 1.29 is 9.72 Å². The number of pyridine rings is 1. The number of halogens is 1. The zero-order valence-corrected chi connectivity index (χ0v) is 17.9. The molecule has 1 aromatic carbocycles. The summed E-state index contributed by atoms with van der Waals surface area (Å²) in [6.07, 6.45) is 0. The molecule has 0 radical (unpaired) electrons. The largest absolute Gasteiger partial charge is 0.368 e. The Kier molecular flexibility index (Phi) is 5.60. The van der Waals surface area contributed by atoms with Crippen molar-refractivity contribution in [2.45, 2.75) is 13.8 Å². The maximum Gasteiger partial charge on any atom is 0.274 e. The predicted molar refractivity (Wildman–Crippen MR) is 117 cm³/mol. The maximum atomic E-state index is 13.1. The van der Waals surface area contributed by atoms with E-state index in [1.807, 2.05) is 19.9 Å². The number of benzene rings is 1. The predicted octanol–water partition coefficient (Wildman–Crippen LogP) is 3.41. The highest BCUT2D eigenvalue weighted by Gasteiger charge is 2.25. The van der Waals surface area contributed by atoms with Gasteiger partial charge in [-0.2, -0.15) is 5.10 Å². The van der Waals surface area contributed by atoms with Gasteiger partial charge in [0.15, 0.2) is 5.82 Å². The first-order valence-electron chi connectivity index (χ1n) is 9.82. The summed E-state index contributed by atoms with van der Waals surface area (Å²) in [6.45, 7) is 6.04. The van der Waals surface area contributed by atoms with E-state index in [1.165, 1.54) is 12.1 Å². The number of carbonyl (C=O) groups is 1. The van der Waals surface area contributed by atoms with Crippen molar-refractivity contribution in [3.05, 3.63) is 74.7 Å². The number of hydrogen-bond acceptors (Lipinski definition) is 6. The minimum Gasteiger partial charge on any atom is -0.368 e. The van der Waals surface area contributed by atoms with Gasteiger partial charge >= 0.3 is 0 Å². The third-order valence-corrected chi connectivity index (χ3v) is 5.56. The number of nitro benzene ring substituents is 1. The molecule has 1 fully saturated rings. The normalized spacial score (nSPS) is 14.0. The lowest BCUT2D eigenvalue weighted by Crippen LogP contribution is -2.49. The van der Waals surface area contributed by atoms with Gasteiger partial charge in [0.2, 0.25) is 0 Å². The Morgan fingerprint density at radius 1 is 1.06 bits per heavy atom. The fraction of sp³-hybridized carbons (Fsp3) is 0.286. The average Bonchev–Trinajstić information content (AvgIpc) is 3.11. The van der Waals surface area contributed by atoms with Gasteiger partial charge in [-0.05, 0) is 44.2 Å². The fourth-order valence-electron chi connectivity index (χ4n) is 3.66. The summed E-state index contributed by atoms with van der Waals surface area (Å²) in [7, 11) is 0. The highest BCUT2D eigenvalue weighted by Crippen LogP contribution is 2.23. The number of aryl methyl sites for hydroxylation is 2. The monoisotopic (exact) mass is 440 g/mol. The van der Waals surface area contributed by atoms with Crippen LogP contribution in [0.25, 0.3) is 5.82 Å². The SMILES string of the molecule is Cc1cc(C)n(-c2ccc(Cl)c(C(=O)N3CCN(c4ccc([N+](=O)[O-])cc4)CC3)n2)n1. The van der Waals surface area contributed by atoms with E-state index in [2.05, 4.69) is 15.0 Å². The molecule has 0 unspecified atom stereocenters. The topological polar surface area (TPSA) is 97.4 Å². The Morgan fingerprint density at radius 3 is 2.32 bits per heavy atom. The first kappa shape index (κ1) is 20.8. The van der Waals surface area contributed by atoms with Crippen molar-refractivity contribution in [3.8, 4) is 5.82 Å². The van der Waals surface area contributed by atoms with E-state index >= 15 is 0 Å². The van der Waals surface area contributed by atoms with Gasteiger partial charge in [-0.1, -0.05) is 11.6 Å². The molecule has 0 bridgehead atoms. The summed E-state index contributed by atoms with van der Waals surface area (Å²) in [4.78, 5) is 31.8. The van der Waals surface area contributed by atoms with Crippen LogP contribution in [0, 0.1) is 24.0 Å². The van der Waals surface area contributed by atoms with Gasteiger partial charge in [-0.3, -0.25) is 14.9 Å². The third kappa shape index (κ3) is 4.22. The van der Waals surface area contributed by atoms with Crippen LogP contribution in [-0.2, 0) is 0 Å². The zero-order valence-electron chi connectivity index (χ0n) is 17.2. The first-order chi connectivity index (χ1) is 14.8. The number of carbonyl (C=O) groups excluding carboxylic acids is 1. The Balaban J connectivity index is 1.48. The van der Waals surface area contributed by atoms with Crippen LogP contribution >= 0.6 is 11.6 Å². The van der Waals surface area contributed by atoms with Crippen molar-refractivity contribution in [2.24, 2.45) is 0 Å².